The van der Waals surface area contributed by atoms with Crippen LogP contribution in [0.25, 0.3) is 0 Å². The first-order valence-electron chi connectivity index (χ1n) is 5.89. The molecule has 98 valence electrons. The van der Waals surface area contributed by atoms with E-state index in [-0.39, 0.29) is 23.8 Å². The van der Waals surface area contributed by atoms with Crippen LogP contribution >= 0.6 is 15.9 Å². The summed E-state index contributed by atoms with van der Waals surface area (Å²) < 4.78 is 5.59. The van der Waals surface area contributed by atoms with Crippen LogP contribution in [0.5, 0.6) is 5.75 Å². The van der Waals surface area contributed by atoms with Crippen molar-refractivity contribution in [3.05, 3.63) is 29.8 Å². The summed E-state index contributed by atoms with van der Waals surface area (Å²) in [6.07, 6.45) is 0.0438. The molecule has 1 aliphatic rings. The number of halogens is 1. The monoisotopic (exact) mass is 313 g/mol. The zero-order valence-corrected chi connectivity index (χ0v) is 11.8. The van der Waals surface area contributed by atoms with Gasteiger partial charge in [-0.15, -0.1) is 0 Å². The molecule has 0 aliphatic carbocycles. The number of amides is 1. The fourth-order valence-electron chi connectivity index (χ4n) is 1.96. The number of ether oxygens (including phenoxy) is 1. The topological polar surface area (TPSA) is 49.8 Å². The second-order valence-electron chi connectivity index (χ2n) is 4.46. The number of hydrogen-bond donors (Lipinski definition) is 1. The summed E-state index contributed by atoms with van der Waals surface area (Å²) in [5.74, 6) is 0.150. The van der Waals surface area contributed by atoms with E-state index in [1.807, 2.05) is 11.8 Å². The van der Waals surface area contributed by atoms with Crippen LogP contribution < -0.4 is 0 Å². The molecule has 0 radical (unpaired) electrons. The molecule has 0 saturated carbocycles. The van der Waals surface area contributed by atoms with Gasteiger partial charge in [0, 0.05) is 17.4 Å². The highest BCUT2D eigenvalue weighted by Gasteiger charge is 2.29. The number of nitrogens with zero attached hydrogens (tertiary/aromatic N) is 1. The first kappa shape index (κ1) is 13.4. The molecule has 1 heterocycles. The number of alkyl halides is 1. The van der Waals surface area contributed by atoms with Crippen LogP contribution in [0, 0.1) is 0 Å². The number of phenolic OH excluding ortho intramolecular Hbond substituents is 1. The molecule has 1 aromatic rings. The predicted octanol–water partition coefficient (Wildman–Crippen LogP) is 2.02. The largest absolute Gasteiger partial charge is 0.508 e. The van der Waals surface area contributed by atoms with Gasteiger partial charge in [-0.25, -0.2) is 0 Å². The molecule has 1 saturated heterocycles. The van der Waals surface area contributed by atoms with Gasteiger partial charge in [0.05, 0.1) is 18.8 Å². The van der Waals surface area contributed by atoms with Crippen LogP contribution in [0.2, 0.25) is 0 Å². The number of rotatable bonds is 2. The summed E-state index contributed by atoms with van der Waals surface area (Å²) in [4.78, 5) is 14.2. The lowest BCUT2D eigenvalue weighted by Crippen LogP contribution is -2.51. The van der Waals surface area contributed by atoms with Gasteiger partial charge in [0.15, 0.2) is 0 Å². The maximum atomic E-state index is 12.4. The zero-order valence-electron chi connectivity index (χ0n) is 10.2. The normalized spacial score (nSPS) is 24.0. The van der Waals surface area contributed by atoms with E-state index < -0.39 is 0 Å². The molecule has 2 rings (SSSR count). The molecular weight excluding hydrogens is 298 g/mol. The fraction of sp³-hybridized carbons (Fsp3) is 0.462. The van der Waals surface area contributed by atoms with Crippen molar-refractivity contribution in [2.45, 2.75) is 19.1 Å². The molecule has 1 aromatic carbocycles. The van der Waals surface area contributed by atoms with Gasteiger partial charge >= 0.3 is 0 Å². The van der Waals surface area contributed by atoms with Crippen LogP contribution in [0.1, 0.15) is 17.3 Å². The minimum absolute atomic E-state index is 0.0169. The Morgan fingerprint density at radius 1 is 1.50 bits per heavy atom. The number of morpholine rings is 1. The Bertz CT molecular complexity index is 421. The lowest BCUT2D eigenvalue weighted by Gasteiger charge is -2.37. The Hall–Kier alpha value is -1.07. The first-order valence-corrected chi connectivity index (χ1v) is 7.01. The van der Waals surface area contributed by atoms with E-state index in [1.54, 1.807) is 12.1 Å². The third-order valence-corrected chi connectivity index (χ3v) is 3.77. The van der Waals surface area contributed by atoms with Crippen LogP contribution in [0.4, 0.5) is 0 Å². The third kappa shape index (κ3) is 2.84. The molecule has 0 aromatic heterocycles. The summed E-state index contributed by atoms with van der Waals surface area (Å²) in [6.45, 7) is 3.12. The molecule has 1 fully saturated rings. The molecule has 4 nitrogen and oxygen atoms in total. The Morgan fingerprint density at radius 3 is 2.78 bits per heavy atom. The van der Waals surface area contributed by atoms with Crippen molar-refractivity contribution < 1.29 is 14.6 Å². The Kier molecular flexibility index (Phi) is 4.24. The van der Waals surface area contributed by atoms with Crippen molar-refractivity contribution in [1.29, 1.82) is 0 Å². The van der Waals surface area contributed by atoms with E-state index in [2.05, 4.69) is 15.9 Å². The lowest BCUT2D eigenvalue weighted by molar-refractivity contribution is -0.0361. The molecule has 0 spiro atoms. The molecule has 5 heteroatoms. The molecule has 1 N–H and O–H groups in total. The second kappa shape index (κ2) is 5.71. The molecule has 2 atom stereocenters. The van der Waals surface area contributed by atoms with Gasteiger partial charge in [0.25, 0.3) is 5.91 Å². The number of phenols is 1. The highest BCUT2D eigenvalue weighted by atomic mass is 79.9. The SMILES string of the molecule is CC1COC(CBr)CN1C(=O)c1ccc(O)cc1. The van der Waals surface area contributed by atoms with Gasteiger partial charge in [-0.1, -0.05) is 15.9 Å². The molecule has 1 amide bonds. The van der Waals surface area contributed by atoms with E-state index in [4.69, 9.17) is 4.74 Å². The quantitative estimate of drug-likeness (QED) is 0.850. The highest BCUT2D eigenvalue weighted by Crippen LogP contribution is 2.18. The van der Waals surface area contributed by atoms with E-state index >= 15 is 0 Å². The van der Waals surface area contributed by atoms with Crippen molar-refractivity contribution in [2.75, 3.05) is 18.5 Å². The second-order valence-corrected chi connectivity index (χ2v) is 5.11. The van der Waals surface area contributed by atoms with Gasteiger partial charge < -0.3 is 14.7 Å². The first-order chi connectivity index (χ1) is 8.61. The average molecular weight is 314 g/mol. The van der Waals surface area contributed by atoms with E-state index in [0.29, 0.717) is 18.7 Å². The van der Waals surface area contributed by atoms with Gasteiger partial charge in [-0.3, -0.25) is 4.79 Å². The molecule has 0 bridgehead atoms. The predicted molar refractivity (Wildman–Crippen MR) is 72.1 cm³/mol. The number of carbonyl (C=O) groups is 1. The van der Waals surface area contributed by atoms with Crippen LogP contribution in [0.3, 0.4) is 0 Å². The smallest absolute Gasteiger partial charge is 0.254 e. The maximum Gasteiger partial charge on any atom is 0.254 e. The Balaban J connectivity index is 2.13. The standard InChI is InChI=1S/C13H16BrNO3/c1-9-8-18-12(6-14)7-15(9)13(17)10-2-4-11(16)5-3-10/h2-5,9,12,16H,6-8H2,1H3. The van der Waals surface area contributed by atoms with Gasteiger partial charge in [-0.2, -0.15) is 0 Å². The summed E-state index contributed by atoms with van der Waals surface area (Å²) in [5, 5.41) is 9.95. The minimum Gasteiger partial charge on any atom is -0.508 e. The molecule has 2 unspecified atom stereocenters. The zero-order chi connectivity index (χ0) is 13.1. The van der Waals surface area contributed by atoms with E-state index in [0.717, 1.165) is 5.33 Å². The van der Waals surface area contributed by atoms with Gasteiger partial charge in [0.1, 0.15) is 5.75 Å². The number of aromatic hydroxyl groups is 1. The van der Waals surface area contributed by atoms with Crippen molar-refractivity contribution in [1.82, 2.24) is 4.90 Å². The average Bonchev–Trinajstić information content (AvgIpc) is 2.39. The summed E-state index contributed by atoms with van der Waals surface area (Å²) in [6, 6.07) is 6.41. The maximum absolute atomic E-state index is 12.4. The lowest BCUT2D eigenvalue weighted by atomic mass is 10.1. The van der Waals surface area contributed by atoms with Crippen molar-refractivity contribution in [2.24, 2.45) is 0 Å². The van der Waals surface area contributed by atoms with Crippen LogP contribution in [-0.2, 0) is 4.74 Å². The minimum atomic E-state index is -0.0169. The number of carbonyl (C=O) groups excluding carboxylic acids is 1. The Morgan fingerprint density at radius 2 is 2.17 bits per heavy atom. The summed E-state index contributed by atoms with van der Waals surface area (Å²) in [5.41, 5.74) is 0.592. The van der Waals surface area contributed by atoms with E-state index in [1.165, 1.54) is 12.1 Å². The molecule has 1 aliphatic heterocycles. The van der Waals surface area contributed by atoms with Gasteiger partial charge in [-0.05, 0) is 31.2 Å². The highest BCUT2D eigenvalue weighted by molar-refractivity contribution is 9.09. The van der Waals surface area contributed by atoms with Crippen LogP contribution in [-0.4, -0.2) is 46.5 Å². The molecule has 18 heavy (non-hydrogen) atoms. The fourth-order valence-corrected chi connectivity index (χ4v) is 2.36. The van der Waals surface area contributed by atoms with Crippen molar-refractivity contribution >= 4 is 21.8 Å². The van der Waals surface area contributed by atoms with Crippen molar-refractivity contribution in [3.8, 4) is 5.75 Å². The number of hydrogen-bond acceptors (Lipinski definition) is 3. The summed E-state index contributed by atoms with van der Waals surface area (Å²) >= 11 is 3.38. The Labute approximate surface area is 115 Å². The summed E-state index contributed by atoms with van der Waals surface area (Å²) in [7, 11) is 0. The number of benzene rings is 1. The van der Waals surface area contributed by atoms with Gasteiger partial charge in [0.2, 0.25) is 0 Å². The molecular formula is C13H16BrNO3. The van der Waals surface area contributed by atoms with Crippen LogP contribution in [0.15, 0.2) is 24.3 Å². The third-order valence-electron chi connectivity index (χ3n) is 3.05. The van der Waals surface area contributed by atoms with Crippen molar-refractivity contribution in [3.63, 3.8) is 0 Å². The van der Waals surface area contributed by atoms with E-state index in [9.17, 15) is 9.90 Å².